The van der Waals surface area contributed by atoms with Crippen LogP contribution in [0.5, 0.6) is 0 Å². The maximum atomic E-state index is 12.6. The zero-order valence-corrected chi connectivity index (χ0v) is 18.4. The van der Waals surface area contributed by atoms with Crippen molar-refractivity contribution in [2.24, 2.45) is 0 Å². The summed E-state index contributed by atoms with van der Waals surface area (Å²) in [5.41, 5.74) is 2.76. The number of rotatable bonds is 11. The summed E-state index contributed by atoms with van der Waals surface area (Å²) in [5.74, 6) is -0.372. The fourth-order valence-corrected chi connectivity index (χ4v) is 3.21. The summed E-state index contributed by atoms with van der Waals surface area (Å²) in [6.07, 6.45) is 0.762. The third kappa shape index (κ3) is 6.88. The smallest absolute Gasteiger partial charge is 0.255 e. The number of hydrogen-bond donors (Lipinski definition) is 2. The van der Waals surface area contributed by atoms with Crippen LogP contribution in [0.1, 0.15) is 54.8 Å². The van der Waals surface area contributed by atoms with E-state index in [9.17, 15) is 9.59 Å². The first-order chi connectivity index (χ1) is 14.5. The van der Waals surface area contributed by atoms with Gasteiger partial charge >= 0.3 is 0 Å². The molecule has 0 saturated carbocycles. The molecule has 2 rings (SSSR count). The first-order valence-corrected chi connectivity index (χ1v) is 10.6. The molecule has 2 aromatic carbocycles. The highest BCUT2D eigenvalue weighted by molar-refractivity contribution is 6.05. The molecule has 0 spiro atoms. The van der Waals surface area contributed by atoms with Gasteiger partial charge in [-0.2, -0.15) is 0 Å². The van der Waals surface area contributed by atoms with Crippen molar-refractivity contribution in [1.29, 1.82) is 0 Å². The van der Waals surface area contributed by atoms with Crippen LogP contribution in [0.15, 0.2) is 48.5 Å². The predicted molar refractivity (Wildman–Crippen MR) is 122 cm³/mol. The molecule has 6 nitrogen and oxygen atoms in total. The lowest BCUT2D eigenvalue weighted by Gasteiger charge is -2.27. The lowest BCUT2D eigenvalue weighted by atomic mass is 10.1. The van der Waals surface area contributed by atoms with Crippen molar-refractivity contribution in [2.75, 3.05) is 36.5 Å². The van der Waals surface area contributed by atoms with E-state index in [1.807, 2.05) is 31.2 Å². The molecule has 0 aliphatic heterocycles. The third-order valence-corrected chi connectivity index (χ3v) is 4.76. The number of benzene rings is 2. The molecule has 0 aliphatic rings. The van der Waals surface area contributed by atoms with Crippen LogP contribution in [0, 0.1) is 0 Å². The number of hydrogen-bond acceptors (Lipinski definition) is 4. The highest BCUT2D eigenvalue weighted by Gasteiger charge is 2.12. The Kier molecular flexibility index (Phi) is 9.35. The molecule has 0 fully saturated rings. The Morgan fingerprint density at radius 3 is 2.37 bits per heavy atom. The van der Waals surface area contributed by atoms with E-state index < -0.39 is 0 Å². The summed E-state index contributed by atoms with van der Waals surface area (Å²) in [4.78, 5) is 27.2. The lowest BCUT2D eigenvalue weighted by molar-refractivity contribution is 0.0943. The minimum absolute atomic E-state index is 0.166. The van der Waals surface area contributed by atoms with Gasteiger partial charge in [0.15, 0.2) is 0 Å². The van der Waals surface area contributed by atoms with Crippen molar-refractivity contribution in [2.45, 2.75) is 40.2 Å². The minimum atomic E-state index is -0.205. The van der Waals surface area contributed by atoms with Gasteiger partial charge in [-0.25, -0.2) is 0 Å². The van der Waals surface area contributed by atoms with Gasteiger partial charge < -0.3 is 20.3 Å². The van der Waals surface area contributed by atoms with E-state index in [1.54, 1.807) is 24.3 Å². The van der Waals surface area contributed by atoms with E-state index in [0.717, 1.165) is 18.7 Å². The molecule has 0 atom stereocenters. The second kappa shape index (κ2) is 12.0. The van der Waals surface area contributed by atoms with E-state index in [0.29, 0.717) is 42.6 Å². The Labute approximate surface area is 179 Å². The largest absolute Gasteiger partial charge is 0.382 e. The maximum absolute atomic E-state index is 12.6. The van der Waals surface area contributed by atoms with E-state index in [4.69, 9.17) is 4.74 Å². The molecular weight excluding hydrogens is 378 g/mol. The van der Waals surface area contributed by atoms with Crippen LogP contribution in [0.3, 0.4) is 0 Å². The first kappa shape index (κ1) is 23.4. The molecule has 30 heavy (non-hydrogen) atoms. The van der Waals surface area contributed by atoms with E-state index in [2.05, 4.69) is 36.3 Å². The fraction of sp³-hybridized carbons (Fsp3) is 0.417. The SMILES string of the molecule is CCOCCCNC(=O)c1cccc(NC(=O)c2ccc(N(CC)C(C)C)cc2)c1. The molecule has 2 aromatic rings. The molecule has 0 heterocycles. The molecule has 2 N–H and O–H groups in total. The van der Waals surface area contributed by atoms with Crippen LogP contribution in [0.25, 0.3) is 0 Å². The topological polar surface area (TPSA) is 70.7 Å². The zero-order valence-electron chi connectivity index (χ0n) is 18.4. The molecule has 2 amide bonds. The summed E-state index contributed by atoms with van der Waals surface area (Å²) in [6.45, 7) is 11.1. The molecular formula is C24H33N3O3. The Balaban J connectivity index is 1.97. The average Bonchev–Trinajstić information content (AvgIpc) is 2.74. The second-order valence-electron chi connectivity index (χ2n) is 7.27. The summed E-state index contributed by atoms with van der Waals surface area (Å²) in [7, 11) is 0. The monoisotopic (exact) mass is 411 g/mol. The van der Waals surface area contributed by atoms with Crippen LogP contribution < -0.4 is 15.5 Å². The predicted octanol–water partition coefficient (Wildman–Crippen LogP) is 4.33. The third-order valence-electron chi connectivity index (χ3n) is 4.76. The van der Waals surface area contributed by atoms with Gasteiger partial charge in [-0.3, -0.25) is 9.59 Å². The van der Waals surface area contributed by atoms with Gasteiger partial charge in [-0.15, -0.1) is 0 Å². The van der Waals surface area contributed by atoms with Crippen molar-refractivity contribution >= 4 is 23.2 Å². The number of carbonyl (C=O) groups excluding carboxylic acids is 2. The standard InChI is InChI=1S/C24H33N3O3/c1-5-27(18(3)4)22-13-11-19(12-14-22)24(29)26-21-10-7-9-20(17-21)23(28)25-15-8-16-30-6-2/h7,9-14,17-18H,5-6,8,15-16H2,1-4H3,(H,25,28)(H,26,29). The molecule has 0 saturated heterocycles. The number of ether oxygens (including phenoxy) is 1. The number of nitrogens with zero attached hydrogens (tertiary/aromatic N) is 1. The molecule has 0 bridgehead atoms. The van der Waals surface area contributed by atoms with Crippen molar-refractivity contribution in [3.8, 4) is 0 Å². The van der Waals surface area contributed by atoms with E-state index in [1.165, 1.54) is 0 Å². The maximum Gasteiger partial charge on any atom is 0.255 e. The number of amides is 2. The number of carbonyl (C=O) groups is 2. The Bertz CT molecular complexity index is 819. The summed E-state index contributed by atoms with van der Waals surface area (Å²) < 4.78 is 5.26. The molecule has 0 aromatic heterocycles. The number of anilines is 2. The Morgan fingerprint density at radius 2 is 1.73 bits per heavy atom. The van der Waals surface area contributed by atoms with Crippen LogP contribution in [0.2, 0.25) is 0 Å². The van der Waals surface area contributed by atoms with Crippen molar-refractivity contribution in [3.05, 3.63) is 59.7 Å². The van der Waals surface area contributed by atoms with Crippen molar-refractivity contribution < 1.29 is 14.3 Å². The van der Waals surface area contributed by atoms with Gasteiger partial charge in [0, 0.05) is 54.8 Å². The van der Waals surface area contributed by atoms with Gasteiger partial charge in [-0.1, -0.05) is 6.07 Å². The van der Waals surface area contributed by atoms with Crippen LogP contribution in [0.4, 0.5) is 11.4 Å². The van der Waals surface area contributed by atoms with Crippen LogP contribution >= 0.6 is 0 Å². The van der Waals surface area contributed by atoms with Gasteiger partial charge in [0.2, 0.25) is 0 Å². The Hall–Kier alpha value is -2.86. The lowest BCUT2D eigenvalue weighted by Crippen LogP contribution is -2.30. The highest BCUT2D eigenvalue weighted by Crippen LogP contribution is 2.19. The minimum Gasteiger partial charge on any atom is -0.382 e. The van der Waals surface area contributed by atoms with Gasteiger partial charge in [0.05, 0.1) is 0 Å². The van der Waals surface area contributed by atoms with Crippen LogP contribution in [-0.2, 0) is 4.74 Å². The van der Waals surface area contributed by atoms with Gasteiger partial charge in [0.1, 0.15) is 0 Å². The summed E-state index contributed by atoms with van der Waals surface area (Å²) >= 11 is 0. The van der Waals surface area contributed by atoms with Gasteiger partial charge in [-0.05, 0) is 76.6 Å². The van der Waals surface area contributed by atoms with E-state index in [-0.39, 0.29) is 11.8 Å². The highest BCUT2D eigenvalue weighted by atomic mass is 16.5. The second-order valence-corrected chi connectivity index (χ2v) is 7.27. The first-order valence-electron chi connectivity index (χ1n) is 10.6. The van der Waals surface area contributed by atoms with Crippen molar-refractivity contribution in [3.63, 3.8) is 0 Å². The summed E-state index contributed by atoms with van der Waals surface area (Å²) in [5, 5.41) is 5.74. The fourth-order valence-electron chi connectivity index (χ4n) is 3.21. The van der Waals surface area contributed by atoms with Crippen LogP contribution in [-0.4, -0.2) is 44.2 Å². The zero-order chi connectivity index (χ0) is 21.9. The Morgan fingerprint density at radius 1 is 1.00 bits per heavy atom. The quantitative estimate of drug-likeness (QED) is 0.540. The molecule has 162 valence electrons. The molecule has 0 radical (unpaired) electrons. The summed E-state index contributed by atoms with van der Waals surface area (Å²) in [6, 6.07) is 14.9. The van der Waals surface area contributed by atoms with Crippen molar-refractivity contribution in [1.82, 2.24) is 5.32 Å². The van der Waals surface area contributed by atoms with E-state index >= 15 is 0 Å². The molecule has 6 heteroatoms. The number of nitrogens with one attached hydrogen (secondary N) is 2. The molecule has 0 unspecified atom stereocenters. The normalized spacial score (nSPS) is 10.7. The van der Waals surface area contributed by atoms with Gasteiger partial charge in [0.25, 0.3) is 11.8 Å². The average molecular weight is 412 g/mol. The molecule has 0 aliphatic carbocycles.